The first-order valence-corrected chi connectivity index (χ1v) is 10.6. The predicted molar refractivity (Wildman–Crippen MR) is 117 cm³/mol. The summed E-state index contributed by atoms with van der Waals surface area (Å²) < 4.78 is 11.2. The highest BCUT2D eigenvalue weighted by atomic mass is 16.5. The largest absolute Gasteiger partial charge is 0.497 e. The van der Waals surface area contributed by atoms with Crippen molar-refractivity contribution in [2.75, 3.05) is 12.4 Å². The number of rotatable bonds is 7. The smallest absolute Gasteiger partial charge is 0.337 e. The van der Waals surface area contributed by atoms with Gasteiger partial charge in [-0.3, -0.25) is 0 Å². The molecule has 2 aromatic carbocycles. The Morgan fingerprint density at radius 3 is 2.17 bits per heavy atom. The van der Waals surface area contributed by atoms with Crippen LogP contribution in [0, 0.1) is 5.41 Å². The van der Waals surface area contributed by atoms with Crippen LogP contribution in [0.4, 0.5) is 5.69 Å². The first kappa shape index (κ1) is 21.2. The maximum absolute atomic E-state index is 13.8. The van der Waals surface area contributed by atoms with Crippen LogP contribution in [0.15, 0.2) is 54.6 Å². The van der Waals surface area contributed by atoms with Crippen LogP contribution < -0.4 is 10.1 Å². The van der Waals surface area contributed by atoms with Crippen molar-refractivity contribution in [2.45, 2.75) is 64.5 Å². The first-order valence-electron chi connectivity index (χ1n) is 10.6. The zero-order valence-electron chi connectivity index (χ0n) is 18.0. The number of benzene rings is 2. The average molecular weight is 396 g/mol. The molecule has 0 aliphatic heterocycles. The van der Waals surface area contributed by atoms with Crippen LogP contribution in [0.1, 0.15) is 58.4 Å². The molecule has 1 N–H and O–H groups in total. The summed E-state index contributed by atoms with van der Waals surface area (Å²) in [6.07, 6.45) is 5.20. The second-order valence-electron chi connectivity index (χ2n) is 8.54. The van der Waals surface area contributed by atoms with Crippen molar-refractivity contribution < 1.29 is 14.3 Å². The Morgan fingerprint density at radius 1 is 1.00 bits per heavy atom. The van der Waals surface area contributed by atoms with E-state index in [2.05, 4.69) is 12.2 Å². The molecule has 0 aromatic heterocycles. The van der Waals surface area contributed by atoms with E-state index in [-0.39, 0.29) is 17.5 Å². The van der Waals surface area contributed by atoms with E-state index < -0.39 is 5.54 Å². The molecule has 4 heteroatoms. The lowest BCUT2D eigenvalue weighted by Gasteiger charge is -2.50. The van der Waals surface area contributed by atoms with E-state index in [0.29, 0.717) is 0 Å². The van der Waals surface area contributed by atoms with Crippen molar-refractivity contribution in [2.24, 2.45) is 5.41 Å². The molecule has 0 bridgehead atoms. The van der Waals surface area contributed by atoms with Gasteiger partial charge >= 0.3 is 5.97 Å². The molecule has 0 saturated heterocycles. The molecule has 1 aliphatic carbocycles. The molecule has 1 saturated carbocycles. The van der Waals surface area contributed by atoms with Gasteiger partial charge in [-0.1, -0.05) is 56.5 Å². The fourth-order valence-electron chi connectivity index (χ4n) is 4.58. The summed E-state index contributed by atoms with van der Waals surface area (Å²) in [5.41, 5.74) is 0.597. The average Bonchev–Trinajstić information content (AvgIpc) is 2.73. The normalized spacial score (nSPS) is 18.0. The van der Waals surface area contributed by atoms with Crippen molar-refractivity contribution in [1.29, 1.82) is 0 Å². The molecule has 0 radical (unpaired) electrons. The van der Waals surface area contributed by atoms with Crippen LogP contribution in [-0.4, -0.2) is 19.2 Å². The number of hydrogen-bond donors (Lipinski definition) is 1. The number of esters is 1. The number of anilines is 1. The highest BCUT2D eigenvalue weighted by Gasteiger charge is 2.56. The third-order valence-corrected chi connectivity index (χ3v) is 6.14. The van der Waals surface area contributed by atoms with E-state index in [9.17, 15) is 4.79 Å². The Kier molecular flexibility index (Phi) is 6.51. The summed E-state index contributed by atoms with van der Waals surface area (Å²) in [6.45, 7) is 6.05. The number of nitrogens with one attached hydrogen (secondary N) is 1. The van der Waals surface area contributed by atoms with E-state index in [1.807, 2.05) is 68.4 Å². The van der Waals surface area contributed by atoms with Gasteiger partial charge < -0.3 is 14.8 Å². The van der Waals surface area contributed by atoms with Gasteiger partial charge in [-0.25, -0.2) is 4.79 Å². The van der Waals surface area contributed by atoms with Gasteiger partial charge in [-0.2, -0.15) is 0 Å². The van der Waals surface area contributed by atoms with Crippen LogP contribution in [0.2, 0.25) is 0 Å². The summed E-state index contributed by atoms with van der Waals surface area (Å²) in [5, 5.41) is 3.65. The quantitative estimate of drug-likeness (QED) is 0.591. The second-order valence-corrected chi connectivity index (χ2v) is 8.54. The van der Waals surface area contributed by atoms with Gasteiger partial charge in [0.2, 0.25) is 0 Å². The third-order valence-electron chi connectivity index (χ3n) is 6.14. The number of hydrogen-bond acceptors (Lipinski definition) is 4. The van der Waals surface area contributed by atoms with Gasteiger partial charge in [0.05, 0.1) is 13.2 Å². The van der Waals surface area contributed by atoms with Crippen LogP contribution in [0.3, 0.4) is 0 Å². The van der Waals surface area contributed by atoms with Crippen molar-refractivity contribution in [3.8, 4) is 5.75 Å². The maximum Gasteiger partial charge on any atom is 0.337 e. The monoisotopic (exact) mass is 395 g/mol. The Hall–Kier alpha value is -2.49. The highest BCUT2D eigenvalue weighted by molar-refractivity contribution is 5.88. The minimum absolute atomic E-state index is 0.185. The summed E-state index contributed by atoms with van der Waals surface area (Å²) in [6, 6.07) is 17.8. The number of ether oxygens (including phenoxy) is 2. The van der Waals surface area contributed by atoms with E-state index >= 15 is 0 Å². The molecular formula is C25H33NO3. The molecule has 156 valence electrons. The van der Waals surface area contributed by atoms with E-state index in [1.165, 1.54) is 6.42 Å². The minimum atomic E-state index is -0.965. The van der Waals surface area contributed by atoms with Gasteiger partial charge in [0, 0.05) is 11.1 Å². The molecule has 1 atom stereocenters. The zero-order valence-corrected chi connectivity index (χ0v) is 18.0. The molecule has 4 nitrogen and oxygen atoms in total. The molecule has 0 unspecified atom stereocenters. The summed E-state index contributed by atoms with van der Waals surface area (Å²) in [5.74, 6) is 0.577. The SMILES string of the molecule is COc1ccc(N[C@](C(=O)OC(C)C)(c2ccccc2)C2(C)CCCCC2)cc1. The van der Waals surface area contributed by atoms with Crippen molar-refractivity contribution >= 4 is 11.7 Å². The second kappa shape index (κ2) is 8.89. The molecule has 29 heavy (non-hydrogen) atoms. The predicted octanol–water partition coefficient (Wildman–Crippen LogP) is 5.92. The van der Waals surface area contributed by atoms with Crippen LogP contribution in [0.5, 0.6) is 5.75 Å². The van der Waals surface area contributed by atoms with Gasteiger partial charge in [0.25, 0.3) is 0 Å². The Labute approximate surface area is 174 Å². The molecular weight excluding hydrogens is 362 g/mol. The van der Waals surface area contributed by atoms with E-state index in [1.54, 1.807) is 7.11 Å². The third kappa shape index (κ3) is 4.26. The van der Waals surface area contributed by atoms with Crippen LogP contribution in [-0.2, 0) is 15.1 Å². The lowest BCUT2D eigenvalue weighted by molar-refractivity contribution is -0.160. The van der Waals surface area contributed by atoms with Gasteiger partial charge in [0.1, 0.15) is 5.75 Å². The summed E-state index contributed by atoms with van der Waals surface area (Å²) in [7, 11) is 1.65. The standard InChI is InChI=1S/C25H33NO3/c1-19(2)29-23(27)25(20-11-7-5-8-12-20,24(3)17-9-6-10-18-24)26-21-13-15-22(28-4)16-14-21/h5,7-8,11-16,19,26H,6,9-10,17-18H2,1-4H3/t25-/m0/s1. The fourth-order valence-corrected chi connectivity index (χ4v) is 4.58. The number of carbonyl (C=O) groups excluding carboxylic acids is 1. The molecule has 1 fully saturated rings. The topological polar surface area (TPSA) is 47.6 Å². The highest BCUT2D eigenvalue weighted by Crippen LogP contribution is 2.52. The van der Waals surface area contributed by atoms with Crippen molar-refractivity contribution in [1.82, 2.24) is 0 Å². The Morgan fingerprint density at radius 2 is 1.62 bits per heavy atom. The molecule has 1 aliphatic rings. The number of methoxy groups -OCH3 is 1. The van der Waals surface area contributed by atoms with Crippen LogP contribution in [0.25, 0.3) is 0 Å². The Balaban J connectivity index is 2.16. The van der Waals surface area contributed by atoms with Gasteiger partial charge in [-0.15, -0.1) is 0 Å². The molecule has 2 aromatic rings. The lowest BCUT2D eigenvalue weighted by Crippen LogP contribution is -2.57. The first-order chi connectivity index (χ1) is 13.9. The van der Waals surface area contributed by atoms with Gasteiger partial charge in [0.15, 0.2) is 5.54 Å². The fraction of sp³-hybridized carbons (Fsp3) is 0.480. The Bertz CT molecular complexity index is 795. The van der Waals surface area contributed by atoms with E-state index in [0.717, 1.165) is 42.7 Å². The van der Waals surface area contributed by atoms with Crippen molar-refractivity contribution in [3.05, 3.63) is 60.2 Å². The molecule has 3 rings (SSSR count). The zero-order chi connectivity index (χ0) is 20.9. The number of carbonyl (C=O) groups is 1. The summed E-state index contributed by atoms with van der Waals surface area (Å²) >= 11 is 0. The van der Waals surface area contributed by atoms with Crippen molar-refractivity contribution in [3.63, 3.8) is 0 Å². The minimum Gasteiger partial charge on any atom is -0.497 e. The van der Waals surface area contributed by atoms with Gasteiger partial charge in [-0.05, 0) is 56.5 Å². The molecule has 0 heterocycles. The maximum atomic E-state index is 13.8. The summed E-state index contributed by atoms with van der Waals surface area (Å²) in [4.78, 5) is 13.8. The molecule has 0 spiro atoms. The van der Waals surface area contributed by atoms with Crippen LogP contribution >= 0.6 is 0 Å². The lowest BCUT2D eigenvalue weighted by atomic mass is 9.60. The molecule has 0 amide bonds. The van der Waals surface area contributed by atoms with E-state index in [4.69, 9.17) is 9.47 Å².